The number of rotatable bonds is 3. The molecule has 6 heteroatoms. The lowest BCUT2D eigenvalue weighted by atomic mass is 9.79. The Labute approximate surface area is 97.4 Å². The van der Waals surface area contributed by atoms with Gasteiger partial charge in [-0.25, -0.2) is 14.8 Å². The van der Waals surface area contributed by atoms with Crippen LogP contribution in [0.2, 0.25) is 5.02 Å². The molecule has 0 unspecified atom stereocenters. The molecule has 0 bridgehead atoms. The van der Waals surface area contributed by atoms with Crippen molar-refractivity contribution in [3.05, 3.63) is 22.7 Å². The zero-order valence-electron chi connectivity index (χ0n) is 8.73. The number of hydrogen-bond donors (Lipinski definition) is 1. The summed E-state index contributed by atoms with van der Waals surface area (Å²) in [6.07, 6.45) is 3.96. The fraction of sp³-hybridized carbons (Fsp3) is 0.500. The minimum absolute atomic E-state index is 0.0434. The summed E-state index contributed by atoms with van der Waals surface area (Å²) >= 11 is 5.70. The van der Waals surface area contributed by atoms with E-state index >= 15 is 0 Å². The molecule has 0 aromatic carbocycles. The molecule has 0 aliphatic heterocycles. The number of aromatic nitrogens is 2. The highest BCUT2D eigenvalue weighted by molar-refractivity contribution is 6.33. The van der Waals surface area contributed by atoms with Crippen LogP contribution in [0.1, 0.15) is 35.6 Å². The summed E-state index contributed by atoms with van der Waals surface area (Å²) in [5.74, 6) is -0.748. The molecule has 0 spiro atoms. The van der Waals surface area contributed by atoms with Crippen LogP contribution in [0.4, 0.5) is 0 Å². The van der Waals surface area contributed by atoms with Crippen molar-refractivity contribution in [2.24, 2.45) is 0 Å². The van der Waals surface area contributed by atoms with Crippen molar-refractivity contribution in [3.8, 4) is 0 Å². The van der Waals surface area contributed by atoms with Gasteiger partial charge in [-0.15, -0.1) is 0 Å². The third kappa shape index (κ3) is 1.66. The molecule has 0 atom stereocenters. The number of carboxylic acids is 1. The first-order chi connectivity index (χ1) is 7.59. The Hall–Kier alpha value is -1.20. The van der Waals surface area contributed by atoms with Crippen molar-refractivity contribution in [1.82, 2.24) is 9.97 Å². The fourth-order valence-corrected chi connectivity index (χ4v) is 1.93. The summed E-state index contributed by atoms with van der Waals surface area (Å²) < 4.78 is 5.37. The highest BCUT2D eigenvalue weighted by atomic mass is 35.5. The number of hydrogen-bond acceptors (Lipinski definition) is 4. The Morgan fingerprint density at radius 2 is 2.31 bits per heavy atom. The van der Waals surface area contributed by atoms with Gasteiger partial charge in [0.2, 0.25) is 0 Å². The van der Waals surface area contributed by atoms with Crippen LogP contribution in [-0.4, -0.2) is 28.2 Å². The molecular weight excluding hydrogens is 232 g/mol. The van der Waals surface area contributed by atoms with Crippen molar-refractivity contribution >= 4 is 17.6 Å². The molecule has 0 amide bonds. The number of carboxylic acid groups (broad SMARTS) is 1. The Bertz CT molecular complexity index is 427. The van der Waals surface area contributed by atoms with Gasteiger partial charge < -0.3 is 9.84 Å². The van der Waals surface area contributed by atoms with E-state index in [0.29, 0.717) is 5.82 Å². The molecule has 16 heavy (non-hydrogen) atoms. The van der Waals surface area contributed by atoms with Gasteiger partial charge in [0, 0.05) is 7.11 Å². The van der Waals surface area contributed by atoms with Gasteiger partial charge in [-0.3, -0.25) is 0 Å². The summed E-state index contributed by atoms with van der Waals surface area (Å²) in [5.41, 5.74) is -0.690. The maximum Gasteiger partial charge on any atom is 0.356 e. The van der Waals surface area contributed by atoms with E-state index in [9.17, 15) is 4.79 Å². The van der Waals surface area contributed by atoms with Crippen LogP contribution >= 0.6 is 11.6 Å². The smallest absolute Gasteiger partial charge is 0.356 e. The summed E-state index contributed by atoms with van der Waals surface area (Å²) in [7, 11) is 1.58. The number of aromatic carboxylic acids is 1. The monoisotopic (exact) mass is 242 g/mol. The summed E-state index contributed by atoms with van der Waals surface area (Å²) in [6.45, 7) is 0. The van der Waals surface area contributed by atoms with E-state index in [0.717, 1.165) is 19.3 Å². The van der Waals surface area contributed by atoms with Crippen LogP contribution in [0.25, 0.3) is 0 Å². The van der Waals surface area contributed by atoms with E-state index in [2.05, 4.69) is 9.97 Å². The second-order valence-electron chi connectivity index (χ2n) is 3.75. The Morgan fingerprint density at radius 1 is 1.62 bits per heavy atom. The molecule has 1 saturated carbocycles. The quantitative estimate of drug-likeness (QED) is 0.876. The minimum Gasteiger partial charge on any atom is -0.476 e. The lowest BCUT2D eigenvalue weighted by Gasteiger charge is -2.38. The first-order valence-corrected chi connectivity index (χ1v) is 5.28. The summed E-state index contributed by atoms with van der Waals surface area (Å²) in [5, 5.41) is 8.95. The van der Waals surface area contributed by atoms with Crippen molar-refractivity contribution < 1.29 is 14.6 Å². The van der Waals surface area contributed by atoms with Crippen molar-refractivity contribution in [1.29, 1.82) is 0 Å². The second-order valence-corrected chi connectivity index (χ2v) is 4.15. The van der Waals surface area contributed by atoms with E-state index in [1.54, 1.807) is 7.11 Å². The molecule has 1 heterocycles. The van der Waals surface area contributed by atoms with Crippen LogP contribution in [0.15, 0.2) is 6.20 Å². The van der Waals surface area contributed by atoms with E-state index in [1.165, 1.54) is 6.20 Å². The highest BCUT2D eigenvalue weighted by Crippen LogP contribution is 2.42. The van der Waals surface area contributed by atoms with Crippen molar-refractivity contribution in [3.63, 3.8) is 0 Å². The lowest BCUT2D eigenvalue weighted by molar-refractivity contribution is -0.0847. The number of carbonyl (C=O) groups is 1. The summed E-state index contributed by atoms with van der Waals surface area (Å²) in [4.78, 5) is 18.9. The molecule has 1 aromatic heterocycles. The molecule has 0 saturated heterocycles. The normalized spacial score (nSPS) is 17.9. The molecule has 1 aliphatic rings. The summed E-state index contributed by atoms with van der Waals surface area (Å²) in [6, 6.07) is 0. The van der Waals surface area contributed by atoms with Crippen LogP contribution in [0.5, 0.6) is 0 Å². The van der Waals surface area contributed by atoms with Gasteiger partial charge in [-0.05, 0) is 19.3 Å². The van der Waals surface area contributed by atoms with Gasteiger partial charge in [0.15, 0.2) is 11.5 Å². The Morgan fingerprint density at radius 3 is 2.75 bits per heavy atom. The van der Waals surface area contributed by atoms with E-state index in [4.69, 9.17) is 21.4 Å². The SMILES string of the molecule is COC1(c2ncc(Cl)c(C(=O)O)n2)CCC1. The van der Waals surface area contributed by atoms with Crippen molar-refractivity contribution in [2.75, 3.05) is 7.11 Å². The molecule has 1 aliphatic carbocycles. The van der Waals surface area contributed by atoms with Gasteiger partial charge in [0.05, 0.1) is 11.2 Å². The molecule has 1 fully saturated rings. The number of ether oxygens (including phenoxy) is 1. The topological polar surface area (TPSA) is 72.3 Å². The van der Waals surface area contributed by atoms with Crippen LogP contribution in [0.3, 0.4) is 0 Å². The van der Waals surface area contributed by atoms with E-state index < -0.39 is 11.6 Å². The zero-order valence-corrected chi connectivity index (χ0v) is 9.49. The van der Waals surface area contributed by atoms with E-state index in [-0.39, 0.29) is 10.7 Å². The van der Waals surface area contributed by atoms with Gasteiger partial charge in [-0.1, -0.05) is 11.6 Å². The van der Waals surface area contributed by atoms with Crippen LogP contribution in [-0.2, 0) is 10.3 Å². The molecule has 1 N–H and O–H groups in total. The first-order valence-electron chi connectivity index (χ1n) is 4.90. The number of nitrogens with zero attached hydrogens (tertiary/aromatic N) is 2. The molecule has 86 valence electrons. The molecular formula is C10H11ClN2O3. The predicted molar refractivity (Wildman–Crippen MR) is 56.5 cm³/mol. The number of halogens is 1. The molecule has 1 aromatic rings. The number of methoxy groups -OCH3 is 1. The Balaban J connectivity index is 2.43. The van der Waals surface area contributed by atoms with Gasteiger partial charge in [0.1, 0.15) is 5.60 Å². The first kappa shape index (κ1) is 11.3. The molecule has 5 nitrogen and oxygen atoms in total. The minimum atomic E-state index is -1.15. The maximum absolute atomic E-state index is 10.9. The largest absolute Gasteiger partial charge is 0.476 e. The molecule has 2 rings (SSSR count). The van der Waals surface area contributed by atoms with Crippen LogP contribution < -0.4 is 0 Å². The van der Waals surface area contributed by atoms with Crippen molar-refractivity contribution in [2.45, 2.75) is 24.9 Å². The standard InChI is InChI=1S/C10H11ClN2O3/c1-16-10(3-2-4-10)9-12-5-6(11)7(13-9)8(14)15/h5H,2-4H2,1H3,(H,14,15). The van der Waals surface area contributed by atoms with Crippen LogP contribution in [0, 0.1) is 0 Å². The van der Waals surface area contributed by atoms with E-state index in [1.807, 2.05) is 0 Å². The highest BCUT2D eigenvalue weighted by Gasteiger charge is 2.42. The van der Waals surface area contributed by atoms with Gasteiger partial charge in [0.25, 0.3) is 0 Å². The average Bonchev–Trinajstić information content (AvgIpc) is 2.19. The van der Waals surface area contributed by atoms with Gasteiger partial charge in [-0.2, -0.15) is 0 Å². The predicted octanol–water partition coefficient (Wildman–Crippen LogP) is 1.85. The maximum atomic E-state index is 10.9. The third-order valence-electron chi connectivity index (χ3n) is 2.91. The second kappa shape index (κ2) is 3.99. The zero-order chi connectivity index (χ0) is 11.8. The fourth-order valence-electron chi connectivity index (χ4n) is 1.75. The molecule has 0 radical (unpaired) electrons. The lowest BCUT2D eigenvalue weighted by Crippen LogP contribution is -2.38. The third-order valence-corrected chi connectivity index (χ3v) is 3.18. The van der Waals surface area contributed by atoms with Gasteiger partial charge >= 0.3 is 5.97 Å². The average molecular weight is 243 g/mol. The Kier molecular flexibility index (Phi) is 2.82.